The van der Waals surface area contributed by atoms with E-state index in [-0.39, 0.29) is 45.4 Å². The molecular formula is C33H42F3N3O3. The Balaban J connectivity index is 1.80. The highest BCUT2D eigenvalue weighted by molar-refractivity contribution is 5.93. The number of hydrogen-bond donors (Lipinski definition) is 2. The maximum atomic E-state index is 14.7. The van der Waals surface area contributed by atoms with Crippen LogP contribution in [0, 0.1) is 10.8 Å². The molecule has 1 heterocycles. The molecule has 1 aliphatic rings. The van der Waals surface area contributed by atoms with Gasteiger partial charge in [0.2, 0.25) is 11.5 Å². The van der Waals surface area contributed by atoms with Gasteiger partial charge in [0.1, 0.15) is 12.3 Å². The summed E-state index contributed by atoms with van der Waals surface area (Å²) in [6.45, 7) is 11.2. The van der Waals surface area contributed by atoms with E-state index in [1.807, 2.05) is 0 Å². The second kappa shape index (κ2) is 11.7. The monoisotopic (exact) mass is 585 g/mol. The first-order valence-corrected chi connectivity index (χ1v) is 14.7. The highest BCUT2D eigenvalue weighted by Crippen LogP contribution is 2.58. The van der Waals surface area contributed by atoms with Crippen LogP contribution in [-0.4, -0.2) is 33.6 Å². The number of aliphatic hydroxyl groups is 1. The van der Waals surface area contributed by atoms with Gasteiger partial charge < -0.3 is 15.6 Å². The van der Waals surface area contributed by atoms with E-state index in [0.29, 0.717) is 17.7 Å². The average molecular weight is 586 g/mol. The van der Waals surface area contributed by atoms with Gasteiger partial charge in [0.05, 0.1) is 12.8 Å². The van der Waals surface area contributed by atoms with Crippen LogP contribution in [-0.2, 0) is 16.9 Å². The highest BCUT2D eigenvalue weighted by Gasteiger charge is 2.61. The van der Waals surface area contributed by atoms with Gasteiger partial charge in [-0.1, -0.05) is 71.7 Å². The van der Waals surface area contributed by atoms with Crippen LogP contribution >= 0.6 is 0 Å². The van der Waals surface area contributed by atoms with E-state index < -0.39 is 17.7 Å². The summed E-state index contributed by atoms with van der Waals surface area (Å²) in [6, 6.07) is 9.04. The van der Waals surface area contributed by atoms with Gasteiger partial charge in [0.15, 0.2) is 0 Å². The third kappa shape index (κ3) is 6.21. The topological polar surface area (TPSA) is 90.4 Å². The summed E-state index contributed by atoms with van der Waals surface area (Å²) >= 11 is 0. The molecule has 0 saturated carbocycles. The normalized spacial score (nSPS) is 16.8. The number of ether oxygens (including phenoxy) is 1. The molecule has 3 N–H and O–H groups in total. The van der Waals surface area contributed by atoms with Gasteiger partial charge in [-0.2, -0.15) is 18.3 Å². The number of alkyl halides is 3. The van der Waals surface area contributed by atoms with Crippen molar-refractivity contribution in [2.24, 2.45) is 16.6 Å². The summed E-state index contributed by atoms with van der Waals surface area (Å²) in [7, 11) is 0. The predicted molar refractivity (Wildman–Crippen MR) is 158 cm³/mol. The molecule has 228 valence electrons. The fourth-order valence-electron chi connectivity index (χ4n) is 6.93. The Morgan fingerprint density at radius 3 is 2.29 bits per heavy atom. The van der Waals surface area contributed by atoms with Crippen LogP contribution in [0.2, 0.25) is 0 Å². The Morgan fingerprint density at radius 1 is 1.02 bits per heavy atom. The maximum absolute atomic E-state index is 14.7. The summed E-state index contributed by atoms with van der Waals surface area (Å²) in [5.41, 5.74) is 3.23. The minimum atomic E-state index is -4.98. The van der Waals surface area contributed by atoms with Gasteiger partial charge in [0, 0.05) is 22.9 Å². The van der Waals surface area contributed by atoms with Crippen molar-refractivity contribution in [2.75, 3.05) is 6.61 Å². The first-order valence-electron chi connectivity index (χ1n) is 14.7. The van der Waals surface area contributed by atoms with Crippen molar-refractivity contribution in [3.63, 3.8) is 0 Å². The molecule has 1 aliphatic carbocycles. The van der Waals surface area contributed by atoms with Crippen LogP contribution in [0.3, 0.4) is 0 Å². The molecule has 4 rings (SSSR count). The van der Waals surface area contributed by atoms with Gasteiger partial charge in [-0.3, -0.25) is 9.48 Å². The molecule has 0 bridgehead atoms. The van der Waals surface area contributed by atoms with Crippen LogP contribution in [0.1, 0.15) is 84.3 Å². The number of benzene rings is 2. The van der Waals surface area contributed by atoms with Crippen molar-refractivity contribution in [3.05, 3.63) is 59.9 Å². The van der Waals surface area contributed by atoms with Crippen molar-refractivity contribution in [2.45, 2.75) is 91.5 Å². The number of carbonyl (C=O) groups is 1. The Hall–Kier alpha value is -3.33. The molecule has 0 radical (unpaired) electrons. The molecule has 9 heteroatoms. The Morgan fingerprint density at radius 2 is 1.69 bits per heavy atom. The molecule has 1 unspecified atom stereocenters. The number of hydrogen-bond acceptors (Lipinski definition) is 4. The lowest BCUT2D eigenvalue weighted by molar-refractivity contribution is -0.246. The Bertz CT molecular complexity index is 1420. The molecule has 1 aromatic heterocycles. The quantitative estimate of drug-likeness (QED) is 0.229. The summed E-state index contributed by atoms with van der Waals surface area (Å²) < 4.78 is 51.7. The number of nitrogens with two attached hydrogens (primary N) is 1. The molecular weight excluding hydrogens is 543 g/mol. The smallest absolute Gasteiger partial charge is 0.425 e. The van der Waals surface area contributed by atoms with E-state index in [4.69, 9.17) is 10.5 Å². The van der Waals surface area contributed by atoms with E-state index in [0.717, 1.165) is 38.5 Å². The van der Waals surface area contributed by atoms with Gasteiger partial charge in [-0.05, 0) is 65.3 Å². The van der Waals surface area contributed by atoms with Crippen LogP contribution in [0.5, 0.6) is 5.75 Å². The second-order valence-electron chi connectivity index (χ2n) is 12.9. The molecule has 0 fully saturated rings. The fraction of sp³-hybridized carbons (Fsp3) is 0.515. The van der Waals surface area contributed by atoms with Crippen LogP contribution < -0.4 is 10.5 Å². The number of primary amides is 1. The van der Waals surface area contributed by atoms with E-state index in [1.165, 1.54) is 29.1 Å². The van der Waals surface area contributed by atoms with Crippen LogP contribution in [0.4, 0.5) is 13.2 Å². The summed E-state index contributed by atoms with van der Waals surface area (Å²) in [5, 5.41) is 15.6. The number of amides is 1. The first-order chi connectivity index (χ1) is 19.6. The van der Waals surface area contributed by atoms with Gasteiger partial charge in [-0.15, -0.1) is 0 Å². The molecule has 3 aromatic rings. The Kier molecular flexibility index (Phi) is 8.84. The van der Waals surface area contributed by atoms with E-state index >= 15 is 0 Å². The minimum absolute atomic E-state index is 0.0557. The Labute approximate surface area is 246 Å². The van der Waals surface area contributed by atoms with Crippen molar-refractivity contribution >= 4 is 5.91 Å². The van der Waals surface area contributed by atoms with Crippen molar-refractivity contribution in [1.82, 2.24) is 9.78 Å². The van der Waals surface area contributed by atoms with E-state index in [1.54, 1.807) is 24.4 Å². The van der Waals surface area contributed by atoms with Crippen molar-refractivity contribution in [3.8, 4) is 28.0 Å². The number of carbonyl (C=O) groups excluding carboxylic acids is 1. The molecule has 0 saturated heterocycles. The number of halogens is 3. The SMILES string of the molecule is CCCC(CCC)(CCOc1cc(-c2cnn(CC(N)=O)c2)c2c(c1)C(O)(C(F)(F)F)c1ccccc1-2)CC(C)(C)C. The zero-order valence-corrected chi connectivity index (χ0v) is 25.1. The summed E-state index contributed by atoms with van der Waals surface area (Å²) in [4.78, 5) is 11.5. The predicted octanol–water partition coefficient (Wildman–Crippen LogP) is 7.61. The molecule has 2 aromatic carbocycles. The molecule has 0 spiro atoms. The molecule has 0 aliphatic heterocycles. The van der Waals surface area contributed by atoms with E-state index in [9.17, 15) is 23.1 Å². The molecule has 1 atom stereocenters. The fourth-order valence-corrected chi connectivity index (χ4v) is 6.93. The number of rotatable bonds is 12. The largest absolute Gasteiger partial charge is 0.494 e. The molecule has 42 heavy (non-hydrogen) atoms. The number of fused-ring (bicyclic) bond motifs is 3. The van der Waals surface area contributed by atoms with Gasteiger partial charge >= 0.3 is 6.18 Å². The van der Waals surface area contributed by atoms with E-state index in [2.05, 4.69) is 39.7 Å². The first kappa shape index (κ1) is 31.6. The number of nitrogens with zero attached hydrogens (tertiary/aromatic N) is 2. The second-order valence-corrected chi connectivity index (χ2v) is 12.9. The number of aromatic nitrogens is 2. The minimum Gasteiger partial charge on any atom is -0.494 e. The van der Waals surface area contributed by atoms with Gasteiger partial charge in [0.25, 0.3) is 0 Å². The third-order valence-corrected chi connectivity index (χ3v) is 8.13. The van der Waals surface area contributed by atoms with Gasteiger partial charge in [-0.25, -0.2) is 0 Å². The molecule has 1 amide bonds. The third-order valence-electron chi connectivity index (χ3n) is 8.13. The van der Waals surface area contributed by atoms with Crippen molar-refractivity contribution < 1.29 is 27.8 Å². The average Bonchev–Trinajstić information content (AvgIpc) is 3.44. The zero-order chi connectivity index (χ0) is 30.9. The van der Waals surface area contributed by atoms with Crippen LogP contribution in [0.25, 0.3) is 22.3 Å². The maximum Gasteiger partial charge on any atom is 0.425 e. The molecule has 6 nitrogen and oxygen atoms in total. The lowest BCUT2D eigenvalue weighted by Crippen LogP contribution is -2.41. The lowest BCUT2D eigenvalue weighted by atomic mass is 9.67. The highest BCUT2D eigenvalue weighted by atomic mass is 19.4. The van der Waals surface area contributed by atoms with Crippen molar-refractivity contribution in [1.29, 1.82) is 0 Å². The van der Waals surface area contributed by atoms with Crippen LogP contribution in [0.15, 0.2) is 48.8 Å². The summed E-state index contributed by atoms with van der Waals surface area (Å²) in [6.07, 6.45) is 3.99. The standard InChI is InChI=1S/C33H42F3N3O3/c1-6-12-31(13-7-2,21-30(3,4)5)14-15-42-23-16-25(22-18-38-39(19-22)20-28(37)40)29-24-10-8-9-11-26(24)32(41,27(29)17-23)33(34,35)36/h8-11,16-19,41H,6-7,12-15,20-21H2,1-5H3,(H2,37,40). The zero-order valence-electron chi connectivity index (χ0n) is 25.1. The lowest BCUT2D eigenvalue weighted by Gasteiger charge is -2.39. The summed E-state index contributed by atoms with van der Waals surface area (Å²) in [5.74, 6) is -0.360.